The second-order valence-corrected chi connectivity index (χ2v) is 4.98. The number of halogens is 3. The standard InChI is InChI=1S/C11H11F3N4S/c12-11(13,14)2-1-8-17-6-7(10(15)18-8)5-9-16-3-4-19-9/h3-4,6H,1-2,5H2,(H2,15,17,18)/p+1. The second kappa shape index (κ2) is 5.52. The first kappa shape index (κ1) is 13.7. The molecule has 2 aromatic heterocycles. The number of nitrogens with zero attached hydrogens (tertiary/aromatic N) is 2. The molecule has 102 valence electrons. The minimum Gasteiger partial charge on any atom is -0.383 e. The molecule has 0 saturated carbocycles. The lowest BCUT2D eigenvalue weighted by molar-refractivity contribution is -0.381. The number of hydrogen-bond donors (Lipinski definition) is 1. The van der Waals surface area contributed by atoms with E-state index in [0.29, 0.717) is 12.0 Å². The first-order chi connectivity index (χ1) is 8.94. The zero-order chi connectivity index (χ0) is 13.9. The number of alkyl halides is 3. The van der Waals surface area contributed by atoms with Crippen molar-refractivity contribution in [1.29, 1.82) is 0 Å². The van der Waals surface area contributed by atoms with Gasteiger partial charge in [0.25, 0.3) is 0 Å². The van der Waals surface area contributed by atoms with Gasteiger partial charge >= 0.3 is 6.18 Å². The van der Waals surface area contributed by atoms with Crippen LogP contribution in [0.15, 0.2) is 17.8 Å². The third kappa shape index (κ3) is 4.16. The van der Waals surface area contributed by atoms with Crippen molar-refractivity contribution in [3.8, 4) is 0 Å². The Morgan fingerprint density at radius 2 is 2.16 bits per heavy atom. The van der Waals surface area contributed by atoms with Gasteiger partial charge in [-0.25, -0.2) is 15.0 Å². The largest absolute Gasteiger partial charge is 0.389 e. The van der Waals surface area contributed by atoms with Gasteiger partial charge in [0, 0.05) is 18.2 Å². The summed E-state index contributed by atoms with van der Waals surface area (Å²) < 4.78 is 36.3. The lowest BCUT2D eigenvalue weighted by Crippen LogP contribution is -2.12. The molecule has 0 unspecified atom stereocenters. The highest BCUT2D eigenvalue weighted by Crippen LogP contribution is 2.21. The van der Waals surface area contributed by atoms with Crippen molar-refractivity contribution in [3.63, 3.8) is 0 Å². The molecule has 2 aromatic rings. The molecule has 3 N–H and O–H groups in total. The van der Waals surface area contributed by atoms with Crippen molar-refractivity contribution in [1.82, 2.24) is 9.97 Å². The fourth-order valence-electron chi connectivity index (χ4n) is 1.51. The Labute approximate surface area is 111 Å². The fraction of sp³-hybridized carbons (Fsp3) is 0.364. The molecule has 0 aromatic carbocycles. The maximum Gasteiger partial charge on any atom is 0.389 e. The maximum atomic E-state index is 12.1. The molecular weight excluding hydrogens is 277 g/mol. The monoisotopic (exact) mass is 289 g/mol. The topological polar surface area (TPSA) is 65.9 Å². The Balaban J connectivity index is 2.05. The Hall–Kier alpha value is -1.70. The number of aryl methyl sites for hydroxylation is 1. The van der Waals surface area contributed by atoms with Crippen LogP contribution in [-0.4, -0.2) is 16.1 Å². The smallest absolute Gasteiger partial charge is 0.383 e. The number of aromatic nitrogens is 3. The van der Waals surface area contributed by atoms with Crippen molar-refractivity contribution in [2.75, 3.05) is 5.73 Å². The summed E-state index contributed by atoms with van der Waals surface area (Å²) in [7, 11) is 0. The molecule has 0 saturated heterocycles. The molecule has 2 rings (SSSR count). The van der Waals surface area contributed by atoms with Crippen LogP contribution in [-0.2, 0) is 12.8 Å². The number of nitrogens with one attached hydrogen (secondary N) is 1. The summed E-state index contributed by atoms with van der Waals surface area (Å²) in [6.45, 7) is 0. The number of aromatic amines is 1. The molecule has 4 nitrogen and oxygen atoms in total. The fourth-order valence-corrected chi connectivity index (χ4v) is 2.19. The molecule has 0 aliphatic rings. The Kier molecular flexibility index (Phi) is 3.98. The van der Waals surface area contributed by atoms with Gasteiger partial charge in [-0.05, 0) is 0 Å². The first-order valence-corrected chi connectivity index (χ1v) is 6.43. The molecule has 0 fully saturated rings. The van der Waals surface area contributed by atoms with Gasteiger partial charge in [0.2, 0.25) is 5.01 Å². The minimum absolute atomic E-state index is 0.119. The van der Waals surface area contributed by atoms with E-state index >= 15 is 0 Å². The normalized spacial score (nSPS) is 11.7. The maximum absolute atomic E-state index is 12.1. The van der Waals surface area contributed by atoms with Gasteiger partial charge in [0.15, 0.2) is 6.20 Å². The van der Waals surface area contributed by atoms with E-state index in [4.69, 9.17) is 5.73 Å². The molecule has 0 spiro atoms. The van der Waals surface area contributed by atoms with Crippen LogP contribution in [0.25, 0.3) is 0 Å². The van der Waals surface area contributed by atoms with E-state index in [1.807, 2.05) is 5.38 Å². The molecule has 0 aliphatic heterocycles. The number of hydrogen-bond acceptors (Lipinski definition) is 4. The van der Waals surface area contributed by atoms with Crippen molar-refractivity contribution < 1.29 is 18.2 Å². The minimum atomic E-state index is -4.21. The van der Waals surface area contributed by atoms with Gasteiger partial charge in [-0.15, -0.1) is 0 Å². The summed E-state index contributed by atoms with van der Waals surface area (Å²) in [6.07, 6.45) is -1.56. The number of rotatable bonds is 4. The summed E-state index contributed by atoms with van der Waals surface area (Å²) in [5.41, 5.74) is 6.44. The molecule has 0 atom stereocenters. The third-order valence-electron chi connectivity index (χ3n) is 2.45. The number of H-pyrrole nitrogens is 1. The van der Waals surface area contributed by atoms with Crippen molar-refractivity contribution in [2.45, 2.75) is 25.4 Å². The predicted octanol–water partition coefficient (Wildman–Crippen LogP) is 2.02. The van der Waals surface area contributed by atoms with E-state index in [1.165, 1.54) is 17.5 Å². The van der Waals surface area contributed by atoms with Crippen LogP contribution >= 0.6 is 11.3 Å². The third-order valence-corrected chi connectivity index (χ3v) is 3.27. The van der Waals surface area contributed by atoms with Gasteiger partial charge < -0.3 is 5.73 Å². The Morgan fingerprint density at radius 3 is 2.74 bits per heavy atom. The van der Waals surface area contributed by atoms with Crippen molar-refractivity contribution in [2.24, 2.45) is 0 Å². The van der Waals surface area contributed by atoms with Crippen molar-refractivity contribution >= 4 is 17.2 Å². The summed E-state index contributed by atoms with van der Waals surface area (Å²) in [6, 6.07) is 0. The van der Waals surface area contributed by atoms with Crippen LogP contribution < -0.4 is 10.7 Å². The number of anilines is 1. The average Bonchev–Trinajstić information content (AvgIpc) is 2.81. The average molecular weight is 289 g/mol. The van der Waals surface area contributed by atoms with E-state index in [2.05, 4.69) is 15.0 Å². The molecule has 0 amide bonds. The van der Waals surface area contributed by atoms with Crippen LogP contribution in [0.2, 0.25) is 0 Å². The first-order valence-electron chi connectivity index (χ1n) is 5.55. The SMILES string of the molecule is Nc1nc(CCC(F)(F)F)ncc1Cc1[nH+]ccs1. The van der Waals surface area contributed by atoms with E-state index < -0.39 is 12.6 Å². The second-order valence-electron chi connectivity index (χ2n) is 3.98. The summed E-state index contributed by atoms with van der Waals surface area (Å²) in [5, 5.41) is 2.88. The Bertz CT molecular complexity index is 539. The van der Waals surface area contributed by atoms with Gasteiger partial charge in [-0.2, -0.15) is 13.2 Å². The van der Waals surface area contributed by atoms with Gasteiger partial charge in [0.05, 0.1) is 18.2 Å². The number of thiazole rings is 1. The van der Waals surface area contributed by atoms with Gasteiger partial charge in [-0.3, -0.25) is 0 Å². The molecule has 0 radical (unpaired) electrons. The van der Waals surface area contributed by atoms with Crippen LogP contribution in [0.4, 0.5) is 19.0 Å². The lowest BCUT2D eigenvalue weighted by Gasteiger charge is -2.06. The predicted molar refractivity (Wildman–Crippen MR) is 64.5 cm³/mol. The van der Waals surface area contributed by atoms with Crippen LogP contribution in [0.5, 0.6) is 0 Å². The highest BCUT2D eigenvalue weighted by molar-refractivity contribution is 7.09. The van der Waals surface area contributed by atoms with Gasteiger partial charge in [-0.1, -0.05) is 11.3 Å². The molecule has 19 heavy (non-hydrogen) atoms. The summed E-state index contributed by atoms with van der Waals surface area (Å²) >= 11 is 1.53. The molecule has 2 heterocycles. The molecule has 8 heteroatoms. The van der Waals surface area contributed by atoms with E-state index in [9.17, 15) is 13.2 Å². The van der Waals surface area contributed by atoms with Crippen LogP contribution in [0.1, 0.15) is 22.8 Å². The highest BCUT2D eigenvalue weighted by Gasteiger charge is 2.27. The molecule has 0 bridgehead atoms. The van der Waals surface area contributed by atoms with E-state index in [0.717, 1.165) is 5.01 Å². The summed E-state index contributed by atoms with van der Waals surface area (Å²) in [5.74, 6) is 0.350. The molecule has 0 aliphatic carbocycles. The van der Waals surface area contributed by atoms with E-state index in [1.54, 1.807) is 6.20 Å². The summed E-state index contributed by atoms with van der Waals surface area (Å²) in [4.78, 5) is 10.9. The van der Waals surface area contributed by atoms with Crippen molar-refractivity contribution in [3.05, 3.63) is 34.2 Å². The highest BCUT2D eigenvalue weighted by atomic mass is 32.1. The van der Waals surface area contributed by atoms with E-state index in [-0.39, 0.29) is 18.1 Å². The molecular formula is C11H12F3N4S+. The van der Waals surface area contributed by atoms with Crippen LogP contribution in [0, 0.1) is 0 Å². The van der Waals surface area contributed by atoms with Crippen LogP contribution in [0.3, 0.4) is 0 Å². The quantitative estimate of drug-likeness (QED) is 0.936. The lowest BCUT2D eigenvalue weighted by atomic mass is 10.2. The Morgan fingerprint density at radius 1 is 1.37 bits per heavy atom. The zero-order valence-electron chi connectivity index (χ0n) is 9.87. The zero-order valence-corrected chi connectivity index (χ0v) is 10.7. The van der Waals surface area contributed by atoms with Gasteiger partial charge in [0.1, 0.15) is 11.6 Å². The number of nitrogen functional groups attached to an aromatic ring is 1. The number of nitrogens with two attached hydrogens (primary N) is 1.